The minimum absolute atomic E-state index is 0.0243. The molecule has 2 heterocycles. The van der Waals surface area contributed by atoms with Gasteiger partial charge in [0.2, 0.25) is 5.91 Å². The van der Waals surface area contributed by atoms with Crippen LogP contribution in [0.25, 0.3) is 0 Å². The van der Waals surface area contributed by atoms with E-state index in [1.807, 2.05) is 0 Å². The Balaban J connectivity index is 1.95. The van der Waals surface area contributed by atoms with Crippen molar-refractivity contribution in [1.29, 1.82) is 0 Å². The Morgan fingerprint density at radius 2 is 1.75 bits per heavy atom. The van der Waals surface area contributed by atoms with Gasteiger partial charge in [0, 0.05) is 12.1 Å². The fraction of sp³-hybridized carbons (Fsp3) is 0.818. The summed E-state index contributed by atoms with van der Waals surface area (Å²) < 4.78 is 0. The lowest BCUT2D eigenvalue weighted by molar-refractivity contribution is -0.148. The van der Waals surface area contributed by atoms with Crippen molar-refractivity contribution in [3.8, 4) is 0 Å². The van der Waals surface area contributed by atoms with Gasteiger partial charge < -0.3 is 15.7 Å². The number of nitrogens with zero attached hydrogens (tertiary/aromatic N) is 1. The van der Waals surface area contributed by atoms with Crippen molar-refractivity contribution in [3.63, 3.8) is 0 Å². The normalized spacial score (nSPS) is 44.8. The van der Waals surface area contributed by atoms with Crippen LogP contribution in [0.15, 0.2) is 0 Å². The van der Waals surface area contributed by atoms with Gasteiger partial charge in [-0.15, -0.1) is 0 Å². The van der Waals surface area contributed by atoms with Crippen LogP contribution in [0.4, 0.5) is 4.79 Å². The van der Waals surface area contributed by atoms with Crippen LogP contribution in [0.3, 0.4) is 0 Å². The van der Waals surface area contributed by atoms with Crippen molar-refractivity contribution in [1.82, 2.24) is 4.90 Å². The lowest BCUT2D eigenvalue weighted by Crippen LogP contribution is -2.65. The minimum Gasteiger partial charge on any atom is -0.465 e. The van der Waals surface area contributed by atoms with Crippen LogP contribution in [0.5, 0.6) is 0 Å². The van der Waals surface area contributed by atoms with Gasteiger partial charge in [-0.1, -0.05) is 0 Å². The van der Waals surface area contributed by atoms with E-state index in [4.69, 9.17) is 5.73 Å². The second-order valence-electron chi connectivity index (χ2n) is 5.59. The molecule has 0 aromatic heterocycles. The van der Waals surface area contributed by atoms with Crippen molar-refractivity contribution in [2.75, 3.05) is 0 Å². The van der Waals surface area contributed by atoms with Crippen molar-refractivity contribution < 1.29 is 14.7 Å². The lowest BCUT2D eigenvalue weighted by atomic mass is 9.55. The number of carbonyl (C=O) groups excluding carboxylic acids is 1. The maximum Gasteiger partial charge on any atom is 0.407 e. The van der Waals surface area contributed by atoms with E-state index in [1.54, 1.807) is 4.90 Å². The smallest absolute Gasteiger partial charge is 0.407 e. The molecule has 2 aliphatic heterocycles. The fourth-order valence-corrected chi connectivity index (χ4v) is 4.24. The van der Waals surface area contributed by atoms with Gasteiger partial charge in [-0.3, -0.25) is 4.79 Å². The second-order valence-corrected chi connectivity index (χ2v) is 5.59. The first-order valence-corrected chi connectivity index (χ1v) is 5.83. The number of rotatable bonds is 1. The average Bonchev–Trinajstić information content (AvgIpc) is 2.14. The van der Waals surface area contributed by atoms with Gasteiger partial charge in [0.25, 0.3) is 0 Å². The second kappa shape index (κ2) is 2.90. The number of carbonyl (C=O) groups is 2. The molecule has 3 N–H and O–H groups in total. The molecule has 0 radical (unpaired) electrons. The molecule has 4 rings (SSSR count). The van der Waals surface area contributed by atoms with Gasteiger partial charge in [-0.2, -0.15) is 0 Å². The third kappa shape index (κ3) is 1.11. The van der Waals surface area contributed by atoms with E-state index in [1.165, 1.54) is 0 Å². The Morgan fingerprint density at radius 3 is 2.19 bits per heavy atom. The van der Waals surface area contributed by atoms with E-state index in [9.17, 15) is 14.7 Å². The average molecular weight is 224 g/mol. The molecule has 2 saturated heterocycles. The molecule has 2 unspecified atom stereocenters. The molecule has 4 bridgehead atoms. The highest BCUT2D eigenvalue weighted by Crippen LogP contribution is 2.55. The Labute approximate surface area is 93.6 Å². The zero-order valence-electron chi connectivity index (χ0n) is 9.06. The predicted octanol–water partition coefficient (Wildman–Crippen LogP) is 0.783. The Hall–Kier alpha value is -1.26. The van der Waals surface area contributed by atoms with Crippen molar-refractivity contribution >= 4 is 12.0 Å². The maximum absolute atomic E-state index is 11.6. The topological polar surface area (TPSA) is 83.6 Å². The van der Waals surface area contributed by atoms with E-state index >= 15 is 0 Å². The summed E-state index contributed by atoms with van der Waals surface area (Å²) in [6.45, 7) is 0. The molecule has 0 aromatic rings. The quantitative estimate of drug-likeness (QED) is 0.690. The third-order valence-corrected chi connectivity index (χ3v) is 4.67. The highest BCUT2D eigenvalue weighted by atomic mass is 16.4. The van der Waals surface area contributed by atoms with Gasteiger partial charge in [-0.25, -0.2) is 4.79 Å². The van der Waals surface area contributed by atoms with Crippen LogP contribution in [0.1, 0.15) is 32.1 Å². The number of primary amides is 1. The van der Waals surface area contributed by atoms with E-state index in [0.717, 1.165) is 19.3 Å². The standard InChI is InChI=1S/C11H16N2O3/c12-9(14)11-3-6-1-7(4-11)13(10(15)16)8(2-6)5-11/h6-8H,1-5H2,(H2,12,14)(H,15,16). The number of amides is 2. The minimum atomic E-state index is -0.839. The summed E-state index contributed by atoms with van der Waals surface area (Å²) in [5, 5.41) is 9.18. The lowest BCUT2D eigenvalue weighted by Gasteiger charge is -2.59. The van der Waals surface area contributed by atoms with Crippen molar-refractivity contribution in [2.45, 2.75) is 44.2 Å². The molecule has 5 nitrogen and oxygen atoms in total. The molecule has 2 saturated carbocycles. The highest BCUT2D eigenvalue weighted by Gasteiger charge is 2.58. The Bertz CT molecular complexity index is 352. The van der Waals surface area contributed by atoms with Crippen LogP contribution in [-0.4, -0.2) is 34.1 Å². The number of nitrogens with two attached hydrogens (primary N) is 1. The van der Waals surface area contributed by atoms with Crippen LogP contribution < -0.4 is 5.73 Å². The molecule has 16 heavy (non-hydrogen) atoms. The summed E-state index contributed by atoms with van der Waals surface area (Å²) in [6, 6.07) is 0.0486. The molecule has 0 aromatic carbocycles. The van der Waals surface area contributed by atoms with E-state index in [2.05, 4.69) is 0 Å². The Morgan fingerprint density at radius 1 is 1.19 bits per heavy atom. The number of hydrogen-bond acceptors (Lipinski definition) is 2. The molecule has 4 fully saturated rings. The summed E-state index contributed by atoms with van der Waals surface area (Å²) in [6.07, 6.45) is 3.15. The van der Waals surface area contributed by atoms with Gasteiger partial charge in [0.1, 0.15) is 0 Å². The number of carboxylic acid groups (broad SMARTS) is 1. The fourth-order valence-electron chi connectivity index (χ4n) is 4.24. The molecule has 88 valence electrons. The van der Waals surface area contributed by atoms with Gasteiger partial charge in [0.15, 0.2) is 0 Å². The SMILES string of the molecule is NC(=O)C12CC3CC(C1)N(C(=O)O)C(C3)C2. The maximum atomic E-state index is 11.6. The molecular weight excluding hydrogens is 208 g/mol. The molecule has 5 heteroatoms. The van der Waals surface area contributed by atoms with Crippen LogP contribution in [0.2, 0.25) is 0 Å². The molecule has 2 amide bonds. The first kappa shape index (κ1) is 9.93. The molecule has 4 aliphatic rings. The predicted molar refractivity (Wildman–Crippen MR) is 55.6 cm³/mol. The summed E-state index contributed by atoms with van der Waals surface area (Å²) in [4.78, 5) is 24.3. The molecule has 0 spiro atoms. The highest BCUT2D eigenvalue weighted by molar-refractivity contribution is 5.82. The largest absolute Gasteiger partial charge is 0.465 e. The van der Waals surface area contributed by atoms with Gasteiger partial charge >= 0.3 is 6.09 Å². The summed E-state index contributed by atoms with van der Waals surface area (Å²) in [7, 11) is 0. The van der Waals surface area contributed by atoms with E-state index in [-0.39, 0.29) is 18.0 Å². The van der Waals surface area contributed by atoms with Crippen molar-refractivity contribution in [2.24, 2.45) is 17.1 Å². The zero-order chi connectivity index (χ0) is 11.5. The zero-order valence-corrected chi connectivity index (χ0v) is 9.06. The third-order valence-electron chi connectivity index (χ3n) is 4.67. The molecule has 2 atom stereocenters. The summed E-state index contributed by atoms with van der Waals surface area (Å²) in [5.74, 6) is 0.275. The summed E-state index contributed by atoms with van der Waals surface area (Å²) in [5.41, 5.74) is 5.11. The van der Waals surface area contributed by atoms with Gasteiger partial charge in [0.05, 0.1) is 5.41 Å². The van der Waals surface area contributed by atoms with Gasteiger partial charge in [-0.05, 0) is 38.0 Å². The molecular formula is C11H16N2O3. The number of piperidine rings is 2. The van der Waals surface area contributed by atoms with E-state index < -0.39 is 11.5 Å². The van der Waals surface area contributed by atoms with Crippen molar-refractivity contribution in [3.05, 3.63) is 0 Å². The first-order chi connectivity index (χ1) is 7.52. The molecule has 2 aliphatic carbocycles. The Kier molecular flexibility index (Phi) is 1.80. The van der Waals surface area contributed by atoms with Crippen LogP contribution >= 0.6 is 0 Å². The summed E-state index contributed by atoms with van der Waals surface area (Å²) >= 11 is 0. The monoisotopic (exact) mass is 224 g/mol. The van der Waals surface area contributed by atoms with Crippen LogP contribution in [-0.2, 0) is 4.79 Å². The number of hydrogen-bond donors (Lipinski definition) is 2. The first-order valence-electron chi connectivity index (χ1n) is 5.83. The van der Waals surface area contributed by atoms with Crippen LogP contribution in [0, 0.1) is 11.3 Å². The van der Waals surface area contributed by atoms with E-state index in [0.29, 0.717) is 18.8 Å².